The van der Waals surface area contributed by atoms with E-state index in [0.29, 0.717) is 25.7 Å². The van der Waals surface area contributed by atoms with Gasteiger partial charge in [-0.2, -0.15) is 18.4 Å². The average molecular weight is 534 g/mol. The molecule has 1 aromatic carbocycles. The molecule has 0 aliphatic carbocycles. The van der Waals surface area contributed by atoms with Gasteiger partial charge in [-0.1, -0.05) is 0 Å². The first-order chi connectivity index (χ1) is 17.2. The predicted octanol–water partition coefficient (Wildman–Crippen LogP) is 2.77. The third kappa shape index (κ3) is 6.15. The molecular weight excluding hydrogens is 510 g/mol. The lowest BCUT2D eigenvalue weighted by atomic mass is 9.84. The Labute approximate surface area is 207 Å². The Morgan fingerprint density at radius 1 is 1.11 bits per heavy atom. The fourth-order valence-electron chi connectivity index (χ4n) is 5.19. The molecule has 1 aromatic rings. The van der Waals surface area contributed by atoms with Crippen LogP contribution in [0.25, 0.3) is 0 Å². The summed E-state index contributed by atoms with van der Waals surface area (Å²) in [6, 6.07) is 2.61. The number of nitriles is 1. The molecule has 2 amide bonds. The predicted molar refractivity (Wildman–Crippen MR) is 114 cm³/mol. The second-order valence-corrected chi connectivity index (χ2v) is 9.25. The minimum Gasteiger partial charge on any atom is -0.475 e. The molecule has 0 saturated carbocycles. The van der Waals surface area contributed by atoms with Crippen LogP contribution in [-0.2, 0) is 9.59 Å². The summed E-state index contributed by atoms with van der Waals surface area (Å²) < 4.78 is 73.0. The van der Waals surface area contributed by atoms with Crippen molar-refractivity contribution in [1.82, 2.24) is 9.80 Å². The molecule has 3 saturated heterocycles. The molecule has 2 bridgehead atoms. The number of likely N-dealkylation sites (tertiary alicyclic amines) is 1. The molecule has 3 N–H and O–H groups in total. The highest BCUT2D eigenvalue weighted by Gasteiger charge is 2.48. The molecule has 2 unspecified atom stereocenters. The maximum atomic E-state index is 14.1. The van der Waals surface area contributed by atoms with Crippen molar-refractivity contribution in [2.45, 2.75) is 68.6 Å². The fraction of sp³-hybridized carbons (Fsp3) is 0.565. The molecule has 3 fully saturated rings. The Hall–Kier alpha value is -3.34. The van der Waals surface area contributed by atoms with Crippen LogP contribution in [-0.4, -0.2) is 75.8 Å². The van der Waals surface area contributed by atoms with Gasteiger partial charge < -0.3 is 20.6 Å². The number of carbonyl (C=O) groups excluding carboxylic acids is 2. The summed E-state index contributed by atoms with van der Waals surface area (Å²) in [7, 11) is 0. The van der Waals surface area contributed by atoms with Crippen LogP contribution < -0.4 is 5.73 Å². The number of aliphatic carboxylic acids is 1. The number of piperidine rings is 1. The minimum absolute atomic E-state index is 0.00758. The number of benzene rings is 1. The molecule has 3 aliphatic rings. The number of hydrogen-bond acceptors (Lipinski definition) is 5. The summed E-state index contributed by atoms with van der Waals surface area (Å²) in [6.45, 7) is -0.131. The molecule has 8 nitrogen and oxygen atoms in total. The lowest BCUT2D eigenvalue weighted by Crippen LogP contribution is -2.55. The molecule has 0 radical (unpaired) electrons. The molecule has 37 heavy (non-hydrogen) atoms. The van der Waals surface area contributed by atoms with E-state index in [1.165, 1.54) is 4.90 Å². The van der Waals surface area contributed by atoms with Crippen LogP contribution in [0.4, 0.5) is 26.3 Å². The van der Waals surface area contributed by atoms with Gasteiger partial charge in [-0.15, -0.1) is 0 Å². The summed E-state index contributed by atoms with van der Waals surface area (Å²) in [6.07, 6.45) is -4.02. The van der Waals surface area contributed by atoms with E-state index in [4.69, 9.17) is 15.6 Å². The molecule has 5 atom stereocenters. The molecule has 202 valence electrons. The number of carbonyl (C=O) groups is 3. The monoisotopic (exact) mass is 534 g/mol. The van der Waals surface area contributed by atoms with Gasteiger partial charge in [0.05, 0.1) is 24.2 Å². The average Bonchev–Trinajstić information content (AvgIpc) is 3.34. The number of rotatable bonds is 3. The van der Waals surface area contributed by atoms with Crippen LogP contribution in [0.15, 0.2) is 18.2 Å². The van der Waals surface area contributed by atoms with Gasteiger partial charge in [-0.25, -0.2) is 18.0 Å². The van der Waals surface area contributed by atoms with Crippen molar-refractivity contribution in [3.05, 3.63) is 35.4 Å². The standard InChI is InChI=1S/C21H23F3N4O2.C2HF3O2/c22-12-1-4-18(24)17(8-12)20(29)28-14-2-3-15(28)6-11(5-14)19(26)21(30)27-10-13(23)7-16(27)9-25;3-2(4,5)1(6)7/h1,4,8,11,13-16,19H,2-3,5-7,10,26H2;(H,6,7)/t11?,13-,14?,15?,16-,19-;/m0./s1. The highest BCUT2D eigenvalue weighted by molar-refractivity contribution is 5.95. The number of halogens is 6. The van der Waals surface area contributed by atoms with Crippen LogP contribution in [0.2, 0.25) is 0 Å². The number of nitrogens with two attached hydrogens (primary N) is 1. The maximum absolute atomic E-state index is 14.1. The third-order valence-electron chi connectivity index (χ3n) is 6.88. The molecule has 0 aromatic heterocycles. The highest BCUT2D eigenvalue weighted by atomic mass is 19.4. The first kappa shape index (κ1) is 28.2. The largest absolute Gasteiger partial charge is 0.490 e. The van der Waals surface area contributed by atoms with Gasteiger partial charge in [0.2, 0.25) is 5.91 Å². The van der Waals surface area contributed by atoms with E-state index in [0.717, 1.165) is 18.2 Å². The van der Waals surface area contributed by atoms with Crippen molar-refractivity contribution in [3.63, 3.8) is 0 Å². The molecule has 3 heterocycles. The number of nitrogens with zero attached hydrogens (tertiary/aromatic N) is 3. The van der Waals surface area contributed by atoms with Gasteiger partial charge in [0.1, 0.15) is 23.8 Å². The number of alkyl halides is 4. The number of hydrogen-bond donors (Lipinski definition) is 2. The van der Waals surface area contributed by atoms with Crippen molar-refractivity contribution in [1.29, 1.82) is 5.26 Å². The van der Waals surface area contributed by atoms with Gasteiger partial charge in [-0.05, 0) is 49.8 Å². The Morgan fingerprint density at radius 3 is 2.19 bits per heavy atom. The smallest absolute Gasteiger partial charge is 0.475 e. The van der Waals surface area contributed by atoms with Crippen LogP contribution in [0.5, 0.6) is 0 Å². The molecule has 14 heteroatoms. The van der Waals surface area contributed by atoms with E-state index in [-0.39, 0.29) is 36.5 Å². The van der Waals surface area contributed by atoms with Gasteiger partial charge in [0.25, 0.3) is 5.91 Å². The zero-order valence-corrected chi connectivity index (χ0v) is 19.3. The first-order valence-electron chi connectivity index (χ1n) is 11.4. The number of fused-ring (bicyclic) bond motifs is 2. The zero-order valence-electron chi connectivity index (χ0n) is 19.3. The fourth-order valence-corrected chi connectivity index (χ4v) is 5.19. The molecule has 4 rings (SSSR count). The van der Waals surface area contributed by atoms with Gasteiger partial charge in [-0.3, -0.25) is 9.59 Å². The topological polar surface area (TPSA) is 128 Å². The van der Waals surface area contributed by atoms with Crippen LogP contribution >= 0.6 is 0 Å². The normalized spacial score (nSPS) is 27.7. The van der Waals surface area contributed by atoms with Crippen LogP contribution in [0.1, 0.15) is 42.5 Å². The Morgan fingerprint density at radius 2 is 1.68 bits per heavy atom. The maximum Gasteiger partial charge on any atom is 0.490 e. The Kier molecular flexibility index (Phi) is 8.36. The summed E-state index contributed by atoms with van der Waals surface area (Å²) in [5.41, 5.74) is 5.93. The van der Waals surface area contributed by atoms with E-state index >= 15 is 0 Å². The van der Waals surface area contributed by atoms with Crippen molar-refractivity contribution in [2.75, 3.05) is 6.54 Å². The number of amides is 2. The summed E-state index contributed by atoms with van der Waals surface area (Å²) in [5, 5.41) is 16.3. The van der Waals surface area contributed by atoms with Gasteiger partial charge in [0.15, 0.2) is 0 Å². The van der Waals surface area contributed by atoms with Crippen molar-refractivity contribution >= 4 is 17.8 Å². The zero-order chi connectivity index (χ0) is 27.7. The quantitative estimate of drug-likeness (QED) is 0.575. The summed E-state index contributed by atoms with van der Waals surface area (Å²) >= 11 is 0. The Bertz CT molecular complexity index is 1080. The highest BCUT2D eigenvalue weighted by Crippen LogP contribution is 2.41. The Balaban J connectivity index is 0.000000479. The molecule has 3 aliphatic heterocycles. The number of carboxylic acids is 1. The van der Waals surface area contributed by atoms with Crippen molar-refractivity contribution < 1.29 is 45.8 Å². The van der Waals surface area contributed by atoms with Crippen molar-refractivity contribution in [3.8, 4) is 6.07 Å². The van der Waals surface area contributed by atoms with Crippen molar-refractivity contribution in [2.24, 2.45) is 11.7 Å². The third-order valence-corrected chi connectivity index (χ3v) is 6.88. The first-order valence-corrected chi connectivity index (χ1v) is 11.4. The number of carboxylic acid groups (broad SMARTS) is 1. The van der Waals surface area contributed by atoms with Crippen LogP contribution in [0.3, 0.4) is 0 Å². The van der Waals surface area contributed by atoms with E-state index in [2.05, 4.69) is 0 Å². The lowest BCUT2D eigenvalue weighted by Gasteiger charge is -2.41. The lowest BCUT2D eigenvalue weighted by molar-refractivity contribution is -0.192. The minimum atomic E-state index is -5.08. The van der Waals surface area contributed by atoms with Gasteiger partial charge >= 0.3 is 12.1 Å². The summed E-state index contributed by atoms with van der Waals surface area (Å²) in [4.78, 5) is 37.4. The molecule has 0 spiro atoms. The van der Waals surface area contributed by atoms with E-state index in [9.17, 15) is 41.2 Å². The van der Waals surface area contributed by atoms with E-state index < -0.39 is 53.8 Å². The van der Waals surface area contributed by atoms with E-state index in [1.807, 2.05) is 6.07 Å². The molecular formula is C23H24F6N4O4. The summed E-state index contributed by atoms with van der Waals surface area (Å²) in [5.74, 6) is -5.43. The van der Waals surface area contributed by atoms with Crippen LogP contribution in [0, 0.1) is 28.9 Å². The van der Waals surface area contributed by atoms with Gasteiger partial charge in [0, 0.05) is 18.5 Å². The second kappa shape index (κ2) is 11.0. The SMILES string of the molecule is N#C[C@@H]1C[C@H](F)CN1C(=O)[C@@H](N)C1CC2CCC(C1)N2C(=O)c1cc(F)ccc1F.O=C(O)C(F)(F)F. The second-order valence-electron chi connectivity index (χ2n) is 9.25. The van der Waals surface area contributed by atoms with E-state index in [1.54, 1.807) is 4.90 Å².